The summed E-state index contributed by atoms with van der Waals surface area (Å²) in [5.74, 6) is -11.5. The van der Waals surface area contributed by atoms with Crippen molar-refractivity contribution < 1.29 is 26.7 Å². The number of carbonyl (C=O) groups excluding carboxylic acids is 1. The summed E-state index contributed by atoms with van der Waals surface area (Å²) in [4.78, 5) is 11.9. The molecule has 0 spiro atoms. The van der Waals surface area contributed by atoms with E-state index in [4.69, 9.17) is 0 Å². The molecule has 0 bridgehead atoms. The molecule has 0 aliphatic heterocycles. The van der Waals surface area contributed by atoms with E-state index in [0.717, 1.165) is 16.9 Å². The summed E-state index contributed by atoms with van der Waals surface area (Å²) in [6, 6.07) is 9.31. The van der Waals surface area contributed by atoms with Gasteiger partial charge in [0.25, 0.3) is 0 Å². The van der Waals surface area contributed by atoms with Gasteiger partial charge in [-0.25, -0.2) is 22.0 Å². The highest BCUT2D eigenvalue weighted by Gasteiger charge is 2.27. The van der Waals surface area contributed by atoms with Crippen LogP contribution in [0.15, 0.2) is 30.3 Å². The Hall–Kier alpha value is -2.88. The van der Waals surface area contributed by atoms with Gasteiger partial charge in [-0.05, 0) is 5.56 Å². The molecule has 1 N–H and O–H groups in total. The van der Waals surface area contributed by atoms with E-state index in [1.165, 1.54) is 0 Å². The third kappa shape index (κ3) is 4.11. The predicted octanol–water partition coefficient (Wildman–Crippen LogP) is 4.01. The van der Waals surface area contributed by atoms with Crippen LogP contribution >= 0.6 is 11.3 Å². The predicted molar refractivity (Wildman–Crippen MR) is 87.7 cm³/mol. The molecule has 0 saturated heterocycles. The molecule has 1 heterocycles. The molecule has 0 atom stereocenters. The lowest BCUT2D eigenvalue weighted by Gasteiger charge is -2.07. The molecule has 3 aromatic rings. The summed E-state index contributed by atoms with van der Waals surface area (Å²) in [5, 5.41) is 10.5. The van der Waals surface area contributed by atoms with Crippen LogP contribution < -0.4 is 5.32 Å². The van der Waals surface area contributed by atoms with E-state index in [-0.39, 0.29) is 5.13 Å². The highest BCUT2D eigenvalue weighted by atomic mass is 32.1. The average molecular weight is 399 g/mol. The van der Waals surface area contributed by atoms with Crippen molar-refractivity contribution in [2.24, 2.45) is 0 Å². The number of benzene rings is 2. The van der Waals surface area contributed by atoms with Gasteiger partial charge in [-0.3, -0.25) is 4.79 Å². The van der Waals surface area contributed by atoms with Gasteiger partial charge in [0.2, 0.25) is 16.9 Å². The number of hydrogen-bond donors (Lipinski definition) is 1. The van der Waals surface area contributed by atoms with E-state index in [1.54, 1.807) is 0 Å². The fourth-order valence-corrected chi connectivity index (χ4v) is 3.07. The van der Waals surface area contributed by atoms with E-state index in [1.807, 2.05) is 30.3 Å². The van der Waals surface area contributed by atoms with Crippen molar-refractivity contribution in [3.63, 3.8) is 0 Å². The number of anilines is 1. The second kappa shape index (κ2) is 7.78. The lowest BCUT2D eigenvalue weighted by Crippen LogP contribution is -2.18. The van der Waals surface area contributed by atoms with Crippen molar-refractivity contribution in [2.75, 3.05) is 5.32 Å². The van der Waals surface area contributed by atoms with Gasteiger partial charge in [0, 0.05) is 12.0 Å². The molecular formula is C17H10F5N3OS. The molecule has 10 heteroatoms. The molecule has 1 amide bonds. The minimum absolute atomic E-state index is 0.0507. The molecule has 27 heavy (non-hydrogen) atoms. The first-order valence-corrected chi connectivity index (χ1v) is 8.35. The van der Waals surface area contributed by atoms with Gasteiger partial charge < -0.3 is 5.32 Å². The molecular weight excluding hydrogens is 389 g/mol. The van der Waals surface area contributed by atoms with Crippen molar-refractivity contribution in [1.82, 2.24) is 10.2 Å². The van der Waals surface area contributed by atoms with Crippen LogP contribution in [0.1, 0.15) is 16.1 Å². The van der Waals surface area contributed by atoms with Crippen LogP contribution in [0.4, 0.5) is 27.1 Å². The van der Waals surface area contributed by atoms with Gasteiger partial charge in [-0.1, -0.05) is 41.7 Å². The monoisotopic (exact) mass is 399 g/mol. The lowest BCUT2D eigenvalue weighted by atomic mass is 10.1. The number of aromatic nitrogens is 2. The van der Waals surface area contributed by atoms with Crippen LogP contribution in [0.25, 0.3) is 0 Å². The number of carbonyl (C=O) groups is 1. The first kappa shape index (κ1) is 18.9. The Bertz CT molecular complexity index is 965. The molecule has 0 unspecified atom stereocenters. The molecule has 3 rings (SSSR count). The molecule has 0 radical (unpaired) electrons. The van der Waals surface area contributed by atoms with Crippen LogP contribution in [0.2, 0.25) is 0 Å². The normalized spacial score (nSPS) is 10.9. The van der Waals surface area contributed by atoms with Crippen molar-refractivity contribution >= 4 is 22.4 Å². The smallest absolute Gasteiger partial charge is 0.230 e. The zero-order chi connectivity index (χ0) is 19.6. The maximum atomic E-state index is 13.6. The Morgan fingerprint density at radius 3 is 2.11 bits per heavy atom. The van der Waals surface area contributed by atoms with Crippen LogP contribution in [-0.4, -0.2) is 16.1 Å². The van der Waals surface area contributed by atoms with Gasteiger partial charge in [0.15, 0.2) is 23.3 Å². The van der Waals surface area contributed by atoms with Gasteiger partial charge in [0.05, 0.1) is 6.42 Å². The van der Waals surface area contributed by atoms with Crippen molar-refractivity contribution in [3.05, 3.63) is 75.6 Å². The first-order valence-electron chi connectivity index (χ1n) is 7.53. The Morgan fingerprint density at radius 1 is 0.889 bits per heavy atom. The molecule has 1 aromatic heterocycles. The summed E-state index contributed by atoms with van der Waals surface area (Å²) in [5.41, 5.74) is -0.245. The minimum atomic E-state index is -2.27. The first-order chi connectivity index (χ1) is 12.9. The standard InChI is InChI=1S/C17H10F5N3OS/c18-12-9(13(19)15(21)16(22)14(12)20)7-10(26)23-17-25-24-11(27-17)6-8-4-2-1-3-5-8/h1-5H,6-7H2,(H,23,25,26). The number of nitrogens with zero attached hydrogens (tertiary/aromatic N) is 2. The van der Waals surface area contributed by atoms with Gasteiger partial charge in [0.1, 0.15) is 5.01 Å². The third-order valence-electron chi connectivity index (χ3n) is 3.55. The Kier molecular flexibility index (Phi) is 5.45. The maximum absolute atomic E-state index is 13.6. The third-order valence-corrected chi connectivity index (χ3v) is 4.39. The van der Waals surface area contributed by atoms with Crippen LogP contribution in [0, 0.1) is 29.1 Å². The zero-order valence-corrected chi connectivity index (χ0v) is 14.2. The summed E-state index contributed by atoms with van der Waals surface area (Å²) >= 11 is 1.03. The van der Waals surface area contributed by atoms with E-state index >= 15 is 0 Å². The highest BCUT2D eigenvalue weighted by molar-refractivity contribution is 7.15. The van der Waals surface area contributed by atoms with E-state index in [2.05, 4.69) is 15.5 Å². The second-order valence-electron chi connectivity index (χ2n) is 5.44. The molecule has 140 valence electrons. The molecule has 0 fully saturated rings. The number of halogens is 5. The zero-order valence-electron chi connectivity index (χ0n) is 13.4. The minimum Gasteiger partial charge on any atom is -0.300 e. The molecule has 2 aromatic carbocycles. The Balaban J connectivity index is 1.71. The number of nitrogens with one attached hydrogen (secondary N) is 1. The molecule has 0 saturated carbocycles. The summed E-state index contributed by atoms with van der Waals surface area (Å²) in [7, 11) is 0. The van der Waals surface area contributed by atoms with Gasteiger partial charge in [-0.15, -0.1) is 10.2 Å². The Morgan fingerprint density at radius 2 is 1.48 bits per heavy atom. The topological polar surface area (TPSA) is 54.9 Å². The SMILES string of the molecule is O=C(Cc1c(F)c(F)c(F)c(F)c1F)Nc1nnc(Cc2ccccc2)s1. The second-order valence-corrected chi connectivity index (χ2v) is 6.50. The quantitative estimate of drug-likeness (QED) is 0.401. The van der Waals surface area contributed by atoms with E-state index in [0.29, 0.717) is 11.4 Å². The summed E-state index contributed by atoms with van der Waals surface area (Å²) in [6.07, 6.45) is -0.578. The number of amides is 1. The molecule has 4 nitrogen and oxygen atoms in total. The van der Waals surface area contributed by atoms with E-state index in [9.17, 15) is 26.7 Å². The summed E-state index contributed by atoms with van der Waals surface area (Å²) in [6.45, 7) is 0. The highest BCUT2D eigenvalue weighted by Crippen LogP contribution is 2.24. The van der Waals surface area contributed by atoms with Crippen molar-refractivity contribution in [3.8, 4) is 0 Å². The maximum Gasteiger partial charge on any atom is 0.230 e. The van der Waals surface area contributed by atoms with Gasteiger partial charge in [-0.2, -0.15) is 0 Å². The lowest BCUT2D eigenvalue weighted by molar-refractivity contribution is -0.115. The van der Waals surface area contributed by atoms with Crippen molar-refractivity contribution in [1.29, 1.82) is 0 Å². The fourth-order valence-electron chi connectivity index (χ4n) is 2.28. The van der Waals surface area contributed by atoms with Gasteiger partial charge >= 0.3 is 0 Å². The average Bonchev–Trinajstić information content (AvgIpc) is 3.09. The summed E-state index contributed by atoms with van der Waals surface area (Å²) < 4.78 is 66.6. The fraction of sp³-hybridized carbons (Fsp3) is 0.118. The number of rotatable bonds is 5. The molecule has 0 aliphatic rings. The van der Waals surface area contributed by atoms with Crippen LogP contribution in [0.5, 0.6) is 0 Å². The molecule has 0 aliphatic carbocycles. The van der Waals surface area contributed by atoms with Crippen LogP contribution in [-0.2, 0) is 17.6 Å². The van der Waals surface area contributed by atoms with Crippen LogP contribution in [0.3, 0.4) is 0 Å². The number of hydrogen-bond acceptors (Lipinski definition) is 4. The largest absolute Gasteiger partial charge is 0.300 e. The van der Waals surface area contributed by atoms with Crippen molar-refractivity contribution in [2.45, 2.75) is 12.8 Å². The Labute approximate surface area is 153 Å². The van der Waals surface area contributed by atoms with E-state index < -0.39 is 47.0 Å².